The van der Waals surface area contributed by atoms with Gasteiger partial charge in [-0.25, -0.2) is 4.39 Å². The molecule has 2 aromatic heterocycles. The molecule has 4 rings (SSSR count). The fraction of sp³-hybridized carbons (Fsp3) is 0.278. The number of hydrogen-bond donors (Lipinski definition) is 1. The van der Waals surface area contributed by atoms with Crippen LogP contribution in [0.4, 0.5) is 4.39 Å². The fourth-order valence-corrected chi connectivity index (χ4v) is 4.62. The average molecular weight is 389 g/mol. The maximum absolute atomic E-state index is 13.5. The van der Waals surface area contributed by atoms with E-state index in [0.29, 0.717) is 18.1 Å². The summed E-state index contributed by atoms with van der Waals surface area (Å²) < 4.78 is 18.8. The Kier molecular flexibility index (Phi) is 5.03. The van der Waals surface area contributed by atoms with Crippen molar-refractivity contribution in [1.82, 2.24) is 15.5 Å². The van der Waals surface area contributed by atoms with E-state index in [1.807, 2.05) is 17.5 Å². The molecular formula is C18H16FN3O2S2. The van der Waals surface area contributed by atoms with E-state index in [0.717, 1.165) is 27.5 Å². The molecule has 0 saturated heterocycles. The van der Waals surface area contributed by atoms with Crippen LogP contribution in [0.25, 0.3) is 10.7 Å². The van der Waals surface area contributed by atoms with Crippen molar-refractivity contribution in [2.75, 3.05) is 5.75 Å². The average Bonchev–Trinajstić information content (AvgIpc) is 3.32. The third-order valence-electron chi connectivity index (χ3n) is 4.12. The summed E-state index contributed by atoms with van der Waals surface area (Å²) in [5, 5.41) is 8.89. The number of thioether (sulfide) groups is 1. The lowest BCUT2D eigenvalue weighted by Crippen LogP contribution is -2.30. The van der Waals surface area contributed by atoms with Gasteiger partial charge in [-0.3, -0.25) is 4.79 Å². The molecule has 5 nitrogen and oxygen atoms in total. The van der Waals surface area contributed by atoms with Gasteiger partial charge in [-0.2, -0.15) is 4.98 Å². The summed E-state index contributed by atoms with van der Waals surface area (Å²) in [6.07, 6.45) is 1.41. The van der Waals surface area contributed by atoms with E-state index in [2.05, 4.69) is 15.5 Å². The SMILES string of the molecule is O=C(CCc1nc(-c2cccs2)no1)NC1CCSc2ccc(F)cc21. The minimum atomic E-state index is -0.280. The number of hydrogen-bond acceptors (Lipinski definition) is 6. The molecule has 1 unspecified atom stereocenters. The first-order chi connectivity index (χ1) is 12.7. The van der Waals surface area contributed by atoms with E-state index in [1.165, 1.54) is 23.5 Å². The lowest BCUT2D eigenvalue weighted by atomic mass is 10.0. The smallest absolute Gasteiger partial charge is 0.227 e. The van der Waals surface area contributed by atoms with Crippen LogP contribution in [0.1, 0.15) is 30.3 Å². The Hall–Kier alpha value is -2.19. The summed E-state index contributed by atoms with van der Waals surface area (Å²) in [7, 11) is 0. The Morgan fingerprint density at radius 1 is 1.38 bits per heavy atom. The van der Waals surface area contributed by atoms with Crippen LogP contribution in [0.15, 0.2) is 45.1 Å². The summed E-state index contributed by atoms with van der Waals surface area (Å²) in [6, 6.07) is 8.43. The summed E-state index contributed by atoms with van der Waals surface area (Å²) in [5.74, 6) is 1.50. The molecule has 0 fully saturated rings. The summed E-state index contributed by atoms with van der Waals surface area (Å²) in [6.45, 7) is 0. The zero-order valence-electron chi connectivity index (χ0n) is 13.8. The molecule has 134 valence electrons. The third-order valence-corrected chi connectivity index (χ3v) is 6.11. The Morgan fingerprint density at radius 2 is 2.31 bits per heavy atom. The number of carbonyl (C=O) groups excluding carboxylic acids is 1. The van der Waals surface area contributed by atoms with Gasteiger partial charge < -0.3 is 9.84 Å². The van der Waals surface area contributed by atoms with Gasteiger partial charge in [0.05, 0.1) is 10.9 Å². The van der Waals surface area contributed by atoms with Crippen molar-refractivity contribution in [2.45, 2.75) is 30.2 Å². The van der Waals surface area contributed by atoms with E-state index < -0.39 is 0 Å². The molecule has 3 heterocycles. The highest BCUT2D eigenvalue weighted by Crippen LogP contribution is 2.36. The monoisotopic (exact) mass is 389 g/mol. The normalized spacial score (nSPS) is 16.3. The van der Waals surface area contributed by atoms with Gasteiger partial charge in [-0.15, -0.1) is 23.1 Å². The van der Waals surface area contributed by atoms with Crippen molar-refractivity contribution in [2.24, 2.45) is 0 Å². The predicted molar refractivity (Wildman–Crippen MR) is 98.6 cm³/mol. The molecule has 0 aliphatic carbocycles. The van der Waals surface area contributed by atoms with Crippen molar-refractivity contribution < 1.29 is 13.7 Å². The number of rotatable bonds is 5. The standard InChI is InChI=1S/C18H16FN3O2S2/c19-11-3-4-14-12(10-11)13(7-9-26-14)20-16(23)5-6-17-21-18(22-24-17)15-2-1-8-25-15/h1-4,8,10,13H,5-7,9H2,(H,20,23). The van der Waals surface area contributed by atoms with Gasteiger partial charge in [0.15, 0.2) is 0 Å². The maximum atomic E-state index is 13.5. The number of fused-ring (bicyclic) bond motifs is 1. The number of halogens is 1. The summed E-state index contributed by atoms with van der Waals surface area (Å²) in [5.41, 5.74) is 0.854. The minimum absolute atomic E-state index is 0.104. The molecule has 3 aromatic rings. The number of nitrogens with zero attached hydrogens (tertiary/aromatic N) is 2. The second-order valence-corrected chi connectivity index (χ2v) is 8.01. The van der Waals surface area contributed by atoms with Gasteiger partial charge in [-0.1, -0.05) is 11.2 Å². The topological polar surface area (TPSA) is 68.0 Å². The number of aromatic nitrogens is 2. The largest absolute Gasteiger partial charge is 0.349 e. The molecule has 1 atom stereocenters. The molecule has 0 radical (unpaired) electrons. The van der Waals surface area contributed by atoms with E-state index in [1.54, 1.807) is 17.8 Å². The third kappa shape index (κ3) is 3.81. The van der Waals surface area contributed by atoms with Crippen molar-refractivity contribution in [3.63, 3.8) is 0 Å². The Morgan fingerprint density at radius 3 is 3.15 bits per heavy atom. The second-order valence-electron chi connectivity index (χ2n) is 5.93. The molecule has 1 aliphatic heterocycles. The quantitative estimate of drug-likeness (QED) is 0.707. The van der Waals surface area contributed by atoms with Crippen LogP contribution >= 0.6 is 23.1 Å². The van der Waals surface area contributed by atoms with E-state index in [-0.39, 0.29) is 24.2 Å². The number of nitrogens with one attached hydrogen (secondary N) is 1. The first-order valence-corrected chi connectivity index (χ1v) is 10.1. The van der Waals surface area contributed by atoms with E-state index in [4.69, 9.17) is 4.52 Å². The Bertz CT molecular complexity index is 911. The highest BCUT2D eigenvalue weighted by molar-refractivity contribution is 7.99. The van der Waals surface area contributed by atoms with Crippen molar-refractivity contribution in [3.8, 4) is 10.7 Å². The molecule has 1 aliphatic rings. The van der Waals surface area contributed by atoms with Crippen molar-refractivity contribution in [1.29, 1.82) is 0 Å². The maximum Gasteiger partial charge on any atom is 0.227 e. The van der Waals surface area contributed by atoms with Gasteiger partial charge in [0.1, 0.15) is 5.82 Å². The number of benzene rings is 1. The zero-order valence-corrected chi connectivity index (χ0v) is 15.4. The van der Waals surface area contributed by atoms with Crippen LogP contribution in [0.2, 0.25) is 0 Å². The van der Waals surface area contributed by atoms with Gasteiger partial charge in [0.2, 0.25) is 17.6 Å². The minimum Gasteiger partial charge on any atom is -0.349 e. The fourth-order valence-electron chi connectivity index (χ4n) is 2.86. The Labute approximate surface area is 158 Å². The van der Waals surface area contributed by atoms with Gasteiger partial charge in [0.25, 0.3) is 0 Å². The number of thiophene rings is 1. The molecule has 8 heteroatoms. The van der Waals surface area contributed by atoms with Crippen LogP contribution in [-0.2, 0) is 11.2 Å². The van der Waals surface area contributed by atoms with Crippen molar-refractivity contribution >= 4 is 29.0 Å². The van der Waals surface area contributed by atoms with Gasteiger partial charge in [-0.05, 0) is 41.6 Å². The van der Waals surface area contributed by atoms with Crippen LogP contribution in [0.3, 0.4) is 0 Å². The molecule has 1 N–H and O–H groups in total. The van der Waals surface area contributed by atoms with Crippen LogP contribution in [-0.4, -0.2) is 21.8 Å². The van der Waals surface area contributed by atoms with E-state index in [9.17, 15) is 9.18 Å². The lowest BCUT2D eigenvalue weighted by molar-refractivity contribution is -0.121. The molecule has 0 spiro atoms. The predicted octanol–water partition coefficient (Wildman–Crippen LogP) is 4.22. The number of amides is 1. The Balaban J connectivity index is 1.36. The van der Waals surface area contributed by atoms with E-state index >= 15 is 0 Å². The summed E-state index contributed by atoms with van der Waals surface area (Å²) in [4.78, 5) is 18.6. The first kappa shape index (κ1) is 17.2. The molecule has 0 saturated carbocycles. The van der Waals surface area contributed by atoms with Crippen LogP contribution < -0.4 is 5.32 Å². The lowest BCUT2D eigenvalue weighted by Gasteiger charge is -2.26. The summed E-state index contributed by atoms with van der Waals surface area (Å²) >= 11 is 3.22. The van der Waals surface area contributed by atoms with Crippen molar-refractivity contribution in [3.05, 3.63) is 53.0 Å². The molecule has 26 heavy (non-hydrogen) atoms. The highest BCUT2D eigenvalue weighted by Gasteiger charge is 2.23. The molecule has 1 aromatic carbocycles. The van der Waals surface area contributed by atoms with Gasteiger partial charge in [0, 0.05) is 23.5 Å². The second kappa shape index (κ2) is 7.59. The number of aryl methyl sites for hydroxylation is 1. The highest BCUT2D eigenvalue weighted by atomic mass is 32.2. The van der Waals surface area contributed by atoms with Crippen LogP contribution in [0, 0.1) is 5.82 Å². The molecule has 0 bridgehead atoms. The zero-order chi connectivity index (χ0) is 17.9. The van der Waals surface area contributed by atoms with Crippen LogP contribution in [0.5, 0.6) is 0 Å². The molecular weight excluding hydrogens is 373 g/mol. The van der Waals surface area contributed by atoms with Gasteiger partial charge >= 0.3 is 0 Å². The first-order valence-electron chi connectivity index (χ1n) is 8.27. The number of carbonyl (C=O) groups is 1. The molecule has 1 amide bonds.